The zero-order valence-electron chi connectivity index (χ0n) is 9.26. The monoisotopic (exact) mass is 345 g/mol. The third kappa shape index (κ3) is 2.59. The minimum absolute atomic E-state index is 0.126. The molecule has 0 radical (unpaired) electrons. The first-order chi connectivity index (χ1) is 9.11. The van der Waals surface area contributed by atoms with E-state index in [-0.39, 0.29) is 5.75 Å². The normalized spacial score (nSPS) is 11.4. The van der Waals surface area contributed by atoms with Gasteiger partial charge in [0.25, 0.3) is 0 Å². The fraction of sp³-hybridized carbons (Fsp3) is 0.0909. The number of nitrogens with zero attached hydrogens (tertiary/aromatic N) is 3. The number of aromatic nitrogens is 3. The van der Waals surface area contributed by atoms with E-state index in [0.717, 1.165) is 20.1 Å². The van der Waals surface area contributed by atoms with E-state index in [1.165, 1.54) is 23.5 Å². The summed E-state index contributed by atoms with van der Waals surface area (Å²) in [7, 11) is 0. The Morgan fingerprint density at radius 2 is 2.00 bits per heavy atom. The fourth-order valence-corrected chi connectivity index (χ4v) is 2.84. The van der Waals surface area contributed by atoms with E-state index < -0.39 is 6.61 Å². The molecule has 8 heteroatoms. The van der Waals surface area contributed by atoms with E-state index >= 15 is 0 Å². The molecule has 0 saturated heterocycles. The van der Waals surface area contributed by atoms with Gasteiger partial charge in [0.1, 0.15) is 5.75 Å². The molecule has 0 aliphatic carbocycles. The van der Waals surface area contributed by atoms with Crippen molar-refractivity contribution in [3.63, 3.8) is 0 Å². The summed E-state index contributed by atoms with van der Waals surface area (Å²) in [5.41, 5.74) is 1.55. The molecule has 0 atom stereocenters. The number of ether oxygens (including phenoxy) is 1. The van der Waals surface area contributed by atoms with Crippen molar-refractivity contribution >= 4 is 32.2 Å². The average molecular weight is 346 g/mol. The predicted octanol–water partition coefficient (Wildman–Crippen LogP) is 3.82. The number of fused-ring (bicyclic) bond motifs is 1. The highest BCUT2D eigenvalue weighted by molar-refractivity contribution is 9.11. The number of benzene rings is 1. The van der Waals surface area contributed by atoms with Crippen molar-refractivity contribution in [3.05, 3.63) is 34.4 Å². The van der Waals surface area contributed by atoms with Gasteiger partial charge in [-0.2, -0.15) is 8.78 Å². The Bertz CT molecular complexity index is 679. The Morgan fingerprint density at radius 3 is 2.63 bits per heavy atom. The lowest BCUT2D eigenvalue weighted by atomic mass is 10.2. The first-order valence-corrected chi connectivity index (χ1v) is 6.80. The number of hydrogen-bond acceptors (Lipinski definition) is 4. The SMILES string of the molecule is FC(F)Oc1ccc(-c2cn3nc(Br)sc3n2)cc1. The summed E-state index contributed by atoms with van der Waals surface area (Å²) in [5.74, 6) is 0.126. The Balaban J connectivity index is 1.90. The van der Waals surface area contributed by atoms with Gasteiger partial charge >= 0.3 is 6.61 Å². The molecule has 0 bridgehead atoms. The maximum absolute atomic E-state index is 12.0. The molecule has 0 saturated carbocycles. The third-order valence-electron chi connectivity index (χ3n) is 2.39. The van der Waals surface area contributed by atoms with E-state index in [1.54, 1.807) is 22.8 Å². The van der Waals surface area contributed by atoms with Crippen LogP contribution in [0.1, 0.15) is 0 Å². The van der Waals surface area contributed by atoms with E-state index in [1.807, 2.05) is 0 Å². The fourth-order valence-electron chi connectivity index (χ4n) is 1.62. The molecule has 0 N–H and O–H groups in total. The van der Waals surface area contributed by atoms with E-state index in [0.29, 0.717) is 0 Å². The minimum Gasteiger partial charge on any atom is -0.435 e. The molecule has 3 aromatic rings. The number of hydrogen-bond donors (Lipinski definition) is 0. The molecule has 2 aromatic heterocycles. The summed E-state index contributed by atoms with van der Waals surface area (Å²) in [6.07, 6.45) is 1.78. The molecule has 0 unspecified atom stereocenters. The molecular weight excluding hydrogens is 340 g/mol. The van der Waals surface area contributed by atoms with Gasteiger partial charge in [-0.25, -0.2) is 9.50 Å². The molecule has 3 rings (SSSR count). The van der Waals surface area contributed by atoms with Crippen LogP contribution in [0.3, 0.4) is 0 Å². The van der Waals surface area contributed by atoms with E-state index in [2.05, 4.69) is 30.7 Å². The molecule has 2 heterocycles. The molecule has 0 spiro atoms. The summed E-state index contributed by atoms with van der Waals surface area (Å²) in [5, 5.41) is 4.18. The standard InChI is InChI=1S/C11H6BrF2N3OS/c12-9-16-17-5-8(15-11(17)19-9)6-1-3-7(4-2-6)18-10(13)14/h1-5,10H. The van der Waals surface area contributed by atoms with Crippen LogP contribution in [0.5, 0.6) is 5.75 Å². The molecule has 0 aliphatic rings. The number of imidazole rings is 1. The third-order valence-corrected chi connectivity index (χ3v) is 3.75. The summed E-state index contributed by atoms with van der Waals surface area (Å²) in [6.45, 7) is -2.81. The Morgan fingerprint density at radius 1 is 1.26 bits per heavy atom. The molecule has 1 aromatic carbocycles. The second-order valence-electron chi connectivity index (χ2n) is 3.61. The zero-order valence-corrected chi connectivity index (χ0v) is 11.7. The van der Waals surface area contributed by atoms with Gasteiger partial charge in [-0.05, 0) is 40.2 Å². The van der Waals surface area contributed by atoms with E-state index in [4.69, 9.17) is 0 Å². The van der Waals surface area contributed by atoms with Gasteiger partial charge in [0.05, 0.1) is 11.9 Å². The summed E-state index contributed by atoms with van der Waals surface area (Å²) < 4.78 is 30.8. The van der Waals surface area contributed by atoms with Crippen LogP contribution in [0.4, 0.5) is 8.78 Å². The topological polar surface area (TPSA) is 39.4 Å². The van der Waals surface area contributed by atoms with Gasteiger partial charge < -0.3 is 4.74 Å². The highest BCUT2D eigenvalue weighted by Crippen LogP contribution is 2.26. The maximum atomic E-state index is 12.0. The van der Waals surface area contributed by atoms with Gasteiger partial charge in [-0.3, -0.25) is 0 Å². The van der Waals surface area contributed by atoms with Crippen LogP contribution in [0.25, 0.3) is 16.2 Å². The predicted molar refractivity (Wildman–Crippen MR) is 70.6 cm³/mol. The van der Waals surface area contributed by atoms with Crippen LogP contribution >= 0.6 is 27.3 Å². The second kappa shape index (κ2) is 4.86. The molecule has 0 amide bonds. The molecule has 0 fully saturated rings. The van der Waals surface area contributed by atoms with Crippen molar-refractivity contribution in [2.45, 2.75) is 6.61 Å². The van der Waals surface area contributed by atoms with Gasteiger partial charge in [0, 0.05) is 5.56 Å². The Hall–Kier alpha value is -1.54. The molecule has 4 nitrogen and oxygen atoms in total. The average Bonchev–Trinajstić information content (AvgIpc) is 2.86. The highest BCUT2D eigenvalue weighted by atomic mass is 79.9. The molecule has 0 aliphatic heterocycles. The molecule has 19 heavy (non-hydrogen) atoms. The molecular formula is C11H6BrF2N3OS. The van der Waals surface area contributed by atoms with Crippen molar-refractivity contribution < 1.29 is 13.5 Å². The van der Waals surface area contributed by atoms with Crippen molar-refractivity contribution in [2.24, 2.45) is 0 Å². The Labute approximate surface area is 118 Å². The van der Waals surface area contributed by atoms with Crippen molar-refractivity contribution in [1.29, 1.82) is 0 Å². The van der Waals surface area contributed by atoms with Crippen LogP contribution < -0.4 is 4.74 Å². The lowest BCUT2D eigenvalue weighted by Gasteiger charge is -2.04. The smallest absolute Gasteiger partial charge is 0.387 e. The van der Waals surface area contributed by atoms with Crippen molar-refractivity contribution in [1.82, 2.24) is 14.6 Å². The molecule has 98 valence electrons. The zero-order chi connectivity index (χ0) is 13.4. The summed E-state index contributed by atoms with van der Waals surface area (Å²) in [4.78, 5) is 5.15. The summed E-state index contributed by atoms with van der Waals surface area (Å²) >= 11 is 4.69. The first-order valence-electron chi connectivity index (χ1n) is 5.19. The lowest BCUT2D eigenvalue weighted by molar-refractivity contribution is -0.0498. The van der Waals surface area contributed by atoms with Gasteiger partial charge in [-0.1, -0.05) is 11.3 Å². The van der Waals surface area contributed by atoms with Gasteiger partial charge in [0.2, 0.25) is 4.96 Å². The van der Waals surface area contributed by atoms with Crippen LogP contribution in [-0.2, 0) is 0 Å². The first kappa shape index (κ1) is 12.5. The van der Waals surface area contributed by atoms with E-state index in [9.17, 15) is 8.78 Å². The van der Waals surface area contributed by atoms with Crippen LogP contribution in [-0.4, -0.2) is 21.2 Å². The highest BCUT2D eigenvalue weighted by Gasteiger charge is 2.09. The summed E-state index contributed by atoms with van der Waals surface area (Å²) in [6, 6.07) is 6.33. The lowest BCUT2D eigenvalue weighted by Crippen LogP contribution is -2.01. The number of halogens is 3. The largest absolute Gasteiger partial charge is 0.435 e. The maximum Gasteiger partial charge on any atom is 0.387 e. The van der Waals surface area contributed by atoms with Crippen LogP contribution in [0.15, 0.2) is 34.4 Å². The van der Waals surface area contributed by atoms with Crippen LogP contribution in [0, 0.1) is 0 Å². The van der Waals surface area contributed by atoms with Gasteiger partial charge in [0.15, 0.2) is 3.92 Å². The van der Waals surface area contributed by atoms with Gasteiger partial charge in [-0.15, -0.1) is 5.10 Å². The quantitative estimate of drug-likeness (QED) is 0.724. The van der Waals surface area contributed by atoms with Crippen LogP contribution in [0.2, 0.25) is 0 Å². The number of rotatable bonds is 3. The minimum atomic E-state index is -2.81. The Kier molecular flexibility index (Phi) is 3.19. The number of alkyl halides is 2. The van der Waals surface area contributed by atoms with Crippen molar-refractivity contribution in [2.75, 3.05) is 0 Å². The second-order valence-corrected chi connectivity index (χ2v) is 5.84. The van der Waals surface area contributed by atoms with Crippen molar-refractivity contribution in [3.8, 4) is 17.0 Å².